The lowest BCUT2D eigenvalue weighted by Crippen LogP contribution is -2.57. The molecule has 2 aliphatic rings. The molecule has 1 spiro atoms. The Labute approximate surface area is 200 Å². The summed E-state index contributed by atoms with van der Waals surface area (Å²) in [6.45, 7) is 2.70. The monoisotopic (exact) mass is 458 g/mol. The molecule has 1 unspecified atom stereocenters. The smallest absolute Gasteiger partial charge is 0.311 e. The third kappa shape index (κ3) is 4.31. The third-order valence-corrected chi connectivity index (χ3v) is 7.29. The van der Waals surface area contributed by atoms with Gasteiger partial charge in [0.05, 0.1) is 18.6 Å². The highest BCUT2D eigenvalue weighted by Gasteiger charge is 2.58. The normalized spacial score (nSPS) is 20.2. The first-order valence-electron chi connectivity index (χ1n) is 11.9. The maximum absolute atomic E-state index is 13.1. The van der Waals surface area contributed by atoms with E-state index in [2.05, 4.69) is 41.3 Å². The van der Waals surface area contributed by atoms with E-state index in [4.69, 9.17) is 9.57 Å². The molecule has 176 valence electrons. The van der Waals surface area contributed by atoms with Crippen LogP contribution in [0.15, 0.2) is 72.8 Å². The van der Waals surface area contributed by atoms with Crippen molar-refractivity contribution >= 4 is 22.6 Å². The van der Waals surface area contributed by atoms with E-state index in [1.807, 2.05) is 36.4 Å². The number of fused-ring (bicyclic) bond motifs is 1. The van der Waals surface area contributed by atoms with Gasteiger partial charge in [-0.05, 0) is 40.8 Å². The number of esters is 1. The summed E-state index contributed by atoms with van der Waals surface area (Å²) in [7, 11) is 1.39. The largest absolute Gasteiger partial charge is 0.469 e. The Hall–Kier alpha value is -3.22. The number of carbonyl (C=O) groups excluding carboxylic acids is 2. The molecule has 5 rings (SSSR count). The highest BCUT2D eigenvalue weighted by molar-refractivity contribution is 5.88. The van der Waals surface area contributed by atoms with Gasteiger partial charge in [-0.3, -0.25) is 19.3 Å². The van der Waals surface area contributed by atoms with E-state index in [0.717, 1.165) is 36.0 Å². The summed E-state index contributed by atoms with van der Waals surface area (Å²) in [5.74, 6) is -0.991. The molecule has 2 fully saturated rings. The number of rotatable bonds is 6. The van der Waals surface area contributed by atoms with Crippen molar-refractivity contribution in [1.82, 2.24) is 9.96 Å². The molecule has 0 N–H and O–H groups in total. The van der Waals surface area contributed by atoms with Gasteiger partial charge in [-0.15, -0.1) is 0 Å². The minimum Gasteiger partial charge on any atom is -0.469 e. The molecule has 2 saturated heterocycles. The molecule has 1 atom stereocenters. The summed E-state index contributed by atoms with van der Waals surface area (Å²) in [5, 5.41) is 3.81. The van der Waals surface area contributed by atoms with Crippen molar-refractivity contribution in [3.05, 3.63) is 83.9 Å². The Kier molecular flexibility index (Phi) is 6.35. The highest BCUT2D eigenvalue weighted by atomic mass is 16.7. The van der Waals surface area contributed by atoms with E-state index < -0.39 is 11.5 Å². The van der Waals surface area contributed by atoms with Crippen molar-refractivity contribution in [3.8, 4) is 0 Å². The second-order valence-corrected chi connectivity index (χ2v) is 9.29. The lowest BCUT2D eigenvalue weighted by Gasteiger charge is -2.45. The molecule has 2 heterocycles. The van der Waals surface area contributed by atoms with Crippen LogP contribution in [-0.4, -0.2) is 47.6 Å². The summed E-state index contributed by atoms with van der Waals surface area (Å²) in [6.07, 6.45) is 1.47. The second kappa shape index (κ2) is 9.57. The van der Waals surface area contributed by atoms with E-state index in [-0.39, 0.29) is 24.9 Å². The number of nitrogens with zero attached hydrogens (tertiary/aromatic N) is 2. The van der Waals surface area contributed by atoms with E-state index in [1.165, 1.54) is 17.7 Å². The fourth-order valence-corrected chi connectivity index (χ4v) is 5.44. The third-order valence-electron chi connectivity index (χ3n) is 7.29. The van der Waals surface area contributed by atoms with Gasteiger partial charge in [0, 0.05) is 26.1 Å². The molecule has 0 saturated carbocycles. The van der Waals surface area contributed by atoms with Crippen molar-refractivity contribution < 1.29 is 19.2 Å². The topological polar surface area (TPSA) is 59.1 Å². The fourth-order valence-electron chi connectivity index (χ4n) is 5.44. The molecule has 0 radical (unpaired) electrons. The average molecular weight is 459 g/mol. The number of benzene rings is 3. The Morgan fingerprint density at radius 1 is 0.941 bits per heavy atom. The summed E-state index contributed by atoms with van der Waals surface area (Å²) in [4.78, 5) is 34.3. The number of hydrogen-bond donors (Lipinski definition) is 0. The molecule has 2 aliphatic heterocycles. The van der Waals surface area contributed by atoms with Crippen LogP contribution < -0.4 is 0 Å². The van der Waals surface area contributed by atoms with Gasteiger partial charge < -0.3 is 4.74 Å². The SMILES string of the molecule is COC(=O)C1CC(=O)N(OCc2ccc3ccccc3c2)C12CCN(Cc1ccccc1)CC2. The zero-order valence-corrected chi connectivity index (χ0v) is 19.5. The lowest BCUT2D eigenvalue weighted by atomic mass is 9.77. The predicted molar refractivity (Wildman–Crippen MR) is 129 cm³/mol. The van der Waals surface area contributed by atoms with Crippen LogP contribution in [-0.2, 0) is 32.3 Å². The number of hydrogen-bond acceptors (Lipinski definition) is 5. The summed E-state index contributed by atoms with van der Waals surface area (Å²) in [6, 6.07) is 24.7. The molecule has 0 bridgehead atoms. The number of hydroxylamine groups is 2. The quantitative estimate of drug-likeness (QED) is 0.515. The van der Waals surface area contributed by atoms with Gasteiger partial charge in [-0.2, -0.15) is 0 Å². The number of methoxy groups -OCH3 is 1. The summed E-state index contributed by atoms with van der Waals surface area (Å²) in [5.41, 5.74) is 1.58. The van der Waals surface area contributed by atoms with Crippen molar-refractivity contribution in [2.24, 2.45) is 5.92 Å². The van der Waals surface area contributed by atoms with Gasteiger partial charge in [-0.25, -0.2) is 5.06 Å². The van der Waals surface area contributed by atoms with Gasteiger partial charge in [-0.1, -0.05) is 66.7 Å². The molecular weight excluding hydrogens is 428 g/mol. The summed E-state index contributed by atoms with van der Waals surface area (Å²) < 4.78 is 5.10. The maximum Gasteiger partial charge on any atom is 0.311 e. The standard InChI is InChI=1S/C28H30N2O4/c1-33-27(32)25-18-26(31)30(34-20-22-11-12-23-9-5-6-10-24(23)17-22)28(25)13-15-29(16-14-28)19-21-7-3-2-4-8-21/h2-12,17,25H,13-16,18-20H2,1H3. The van der Waals surface area contributed by atoms with Gasteiger partial charge >= 0.3 is 5.97 Å². The van der Waals surface area contributed by atoms with Crippen molar-refractivity contribution in [1.29, 1.82) is 0 Å². The Bertz CT molecular complexity index is 1170. The minimum atomic E-state index is -0.672. The van der Waals surface area contributed by atoms with E-state index in [1.54, 1.807) is 0 Å². The van der Waals surface area contributed by atoms with E-state index >= 15 is 0 Å². The van der Waals surface area contributed by atoms with E-state index in [9.17, 15) is 9.59 Å². The average Bonchev–Trinajstić information content (AvgIpc) is 3.14. The fraction of sp³-hybridized carbons (Fsp3) is 0.357. The molecular formula is C28H30N2O4. The molecule has 3 aromatic carbocycles. The first-order chi connectivity index (χ1) is 16.6. The van der Waals surface area contributed by atoms with E-state index in [0.29, 0.717) is 12.8 Å². The molecule has 6 nitrogen and oxygen atoms in total. The molecule has 0 aromatic heterocycles. The minimum absolute atomic E-state index is 0.128. The molecule has 6 heteroatoms. The zero-order chi connectivity index (χ0) is 23.5. The van der Waals surface area contributed by atoms with Crippen molar-refractivity contribution in [2.75, 3.05) is 20.2 Å². The molecule has 0 aliphatic carbocycles. The number of ether oxygens (including phenoxy) is 1. The van der Waals surface area contributed by atoms with Crippen LogP contribution in [0.1, 0.15) is 30.4 Å². The lowest BCUT2D eigenvalue weighted by molar-refractivity contribution is -0.229. The number of likely N-dealkylation sites (tertiary alicyclic amines) is 1. The summed E-state index contributed by atoms with van der Waals surface area (Å²) >= 11 is 0. The van der Waals surface area contributed by atoms with Gasteiger partial charge in [0.2, 0.25) is 5.91 Å². The number of carbonyl (C=O) groups is 2. The number of amides is 1. The maximum atomic E-state index is 13.1. The molecule has 34 heavy (non-hydrogen) atoms. The zero-order valence-electron chi connectivity index (χ0n) is 19.5. The second-order valence-electron chi connectivity index (χ2n) is 9.29. The highest BCUT2D eigenvalue weighted by Crippen LogP contribution is 2.45. The van der Waals surface area contributed by atoms with Crippen LogP contribution in [0.4, 0.5) is 0 Å². The van der Waals surface area contributed by atoms with Crippen molar-refractivity contribution in [2.45, 2.75) is 38.0 Å². The van der Waals surface area contributed by atoms with Crippen molar-refractivity contribution in [3.63, 3.8) is 0 Å². The van der Waals surface area contributed by atoms with Crippen LogP contribution in [0.3, 0.4) is 0 Å². The Morgan fingerprint density at radius 3 is 2.38 bits per heavy atom. The Morgan fingerprint density at radius 2 is 1.65 bits per heavy atom. The Balaban J connectivity index is 1.33. The first kappa shape index (κ1) is 22.6. The number of piperidine rings is 1. The van der Waals surface area contributed by atoms with Crippen LogP contribution in [0, 0.1) is 5.92 Å². The van der Waals surface area contributed by atoms with Gasteiger partial charge in [0.25, 0.3) is 0 Å². The van der Waals surface area contributed by atoms with Gasteiger partial charge in [0.1, 0.15) is 6.61 Å². The van der Waals surface area contributed by atoms with Crippen LogP contribution in [0.25, 0.3) is 10.8 Å². The molecule has 1 amide bonds. The van der Waals surface area contributed by atoms with Gasteiger partial charge in [0.15, 0.2) is 0 Å². The first-order valence-corrected chi connectivity index (χ1v) is 11.9. The van der Waals surface area contributed by atoms with Crippen LogP contribution in [0.5, 0.6) is 0 Å². The molecule has 3 aromatic rings. The predicted octanol–water partition coefficient (Wildman–Crippen LogP) is 4.33. The van der Waals surface area contributed by atoms with Crippen LogP contribution in [0.2, 0.25) is 0 Å². The van der Waals surface area contributed by atoms with Crippen LogP contribution >= 0.6 is 0 Å².